The molecule has 1 aromatic heterocycles. The standard InChI is InChI=1S/C25H29N5O/c1-3-22(19-7-5-4-6-8-19)25(31)26-21-11-9-20(10-12-21)23-13-14-24(28-27-23)30-17-15-29(2)16-18-30/h4-14,22H,3,15-18H2,1-2H3,(H,26,31). The van der Waals surface area contributed by atoms with Gasteiger partial charge in [0.05, 0.1) is 11.6 Å². The number of hydrogen-bond acceptors (Lipinski definition) is 5. The molecule has 160 valence electrons. The molecule has 6 heteroatoms. The third kappa shape index (κ3) is 5.09. The molecule has 3 aromatic rings. The normalized spacial score (nSPS) is 15.5. The van der Waals surface area contributed by atoms with Gasteiger partial charge < -0.3 is 15.1 Å². The Bertz CT molecular complexity index is 981. The molecule has 1 fully saturated rings. The van der Waals surface area contributed by atoms with Gasteiger partial charge >= 0.3 is 0 Å². The van der Waals surface area contributed by atoms with Crippen LogP contribution in [0.1, 0.15) is 24.8 Å². The molecule has 1 aliphatic heterocycles. The van der Waals surface area contributed by atoms with Gasteiger partial charge in [0.2, 0.25) is 5.91 Å². The smallest absolute Gasteiger partial charge is 0.231 e. The lowest BCUT2D eigenvalue weighted by atomic mass is 9.95. The number of rotatable bonds is 6. The summed E-state index contributed by atoms with van der Waals surface area (Å²) in [5.41, 5.74) is 3.62. The first-order valence-corrected chi connectivity index (χ1v) is 10.9. The summed E-state index contributed by atoms with van der Waals surface area (Å²) in [5, 5.41) is 11.9. The highest BCUT2D eigenvalue weighted by Crippen LogP contribution is 2.24. The van der Waals surface area contributed by atoms with E-state index in [2.05, 4.69) is 32.4 Å². The van der Waals surface area contributed by atoms with Crippen molar-refractivity contribution in [1.82, 2.24) is 15.1 Å². The zero-order chi connectivity index (χ0) is 21.6. The molecule has 0 spiro atoms. The Morgan fingerprint density at radius 1 is 0.935 bits per heavy atom. The summed E-state index contributed by atoms with van der Waals surface area (Å²) in [4.78, 5) is 17.4. The summed E-state index contributed by atoms with van der Waals surface area (Å²) >= 11 is 0. The molecule has 0 aliphatic carbocycles. The molecule has 1 unspecified atom stereocenters. The number of benzene rings is 2. The summed E-state index contributed by atoms with van der Waals surface area (Å²) in [6.07, 6.45) is 0.753. The minimum absolute atomic E-state index is 0.0118. The number of likely N-dealkylation sites (N-methyl/N-ethyl adjacent to an activating group) is 1. The monoisotopic (exact) mass is 415 g/mol. The van der Waals surface area contributed by atoms with E-state index in [0.717, 1.165) is 60.9 Å². The molecular formula is C25H29N5O. The van der Waals surface area contributed by atoms with Gasteiger partial charge in [0.1, 0.15) is 0 Å². The maximum atomic E-state index is 12.8. The minimum atomic E-state index is -0.158. The number of anilines is 2. The SMILES string of the molecule is CCC(C(=O)Nc1ccc(-c2ccc(N3CCN(C)CC3)nn2)cc1)c1ccccc1. The van der Waals surface area contributed by atoms with Crippen LogP contribution in [-0.2, 0) is 4.79 Å². The number of piperazine rings is 1. The Kier molecular flexibility index (Phi) is 6.57. The lowest BCUT2D eigenvalue weighted by molar-refractivity contribution is -0.117. The molecule has 2 aromatic carbocycles. The van der Waals surface area contributed by atoms with Crippen LogP contribution in [0, 0.1) is 0 Å². The molecular weight excluding hydrogens is 386 g/mol. The van der Waals surface area contributed by atoms with Crippen molar-refractivity contribution in [3.05, 3.63) is 72.3 Å². The second-order valence-electron chi connectivity index (χ2n) is 8.01. The van der Waals surface area contributed by atoms with Crippen molar-refractivity contribution >= 4 is 17.4 Å². The Morgan fingerprint density at radius 3 is 2.26 bits per heavy atom. The molecule has 0 bridgehead atoms. The van der Waals surface area contributed by atoms with Crippen LogP contribution in [0.5, 0.6) is 0 Å². The summed E-state index contributed by atoms with van der Waals surface area (Å²) in [6.45, 7) is 6.06. The fraction of sp³-hybridized carbons (Fsp3) is 0.320. The number of nitrogens with zero attached hydrogens (tertiary/aromatic N) is 4. The van der Waals surface area contributed by atoms with Gasteiger partial charge in [0, 0.05) is 37.4 Å². The third-order valence-electron chi connectivity index (χ3n) is 5.85. The molecule has 2 heterocycles. The predicted octanol–water partition coefficient (Wildman–Crippen LogP) is 4.03. The predicted molar refractivity (Wildman–Crippen MR) is 125 cm³/mol. The van der Waals surface area contributed by atoms with Crippen molar-refractivity contribution in [3.63, 3.8) is 0 Å². The molecule has 1 N–H and O–H groups in total. The Morgan fingerprint density at radius 2 is 1.65 bits per heavy atom. The van der Waals surface area contributed by atoms with Gasteiger partial charge in [0.25, 0.3) is 0 Å². The van der Waals surface area contributed by atoms with Crippen molar-refractivity contribution in [1.29, 1.82) is 0 Å². The maximum absolute atomic E-state index is 12.8. The first-order valence-electron chi connectivity index (χ1n) is 10.9. The van der Waals surface area contributed by atoms with Gasteiger partial charge in [-0.1, -0.05) is 49.4 Å². The van der Waals surface area contributed by atoms with Crippen LogP contribution in [0.2, 0.25) is 0 Å². The van der Waals surface area contributed by atoms with Crippen LogP contribution in [-0.4, -0.2) is 54.2 Å². The molecule has 1 saturated heterocycles. The average Bonchev–Trinajstić information content (AvgIpc) is 2.81. The van der Waals surface area contributed by atoms with Crippen molar-refractivity contribution < 1.29 is 4.79 Å². The molecule has 31 heavy (non-hydrogen) atoms. The summed E-state index contributed by atoms with van der Waals surface area (Å²) in [7, 11) is 2.14. The largest absolute Gasteiger partial charge is 0.353 e. The first kappa shape index (κ1) is 21.0. The quantitative estimate of drug-likeness (QED) is 0.659. The zero-order valence-corrected chi connectivity index (χ0v) is 18.2. The minimum Gasteiger partial charge on any atom is -0.353 e. The van der Waals surface area contributed by atoms with Gasteiger partial charge in [-0.3, -0.25) is 4.79 Å². The second kappa shape index (κ2) is 9.71. The van der Waals surface area contributed by atoms with Gasteiger partial charge in [-0.25, -0.2) is 0 Å². The molecule has 1 amide bonds. The third-order valence-corrected chi connectivity index (χ3v) is 5.85. The summed E-state index contributed by atoms with van der Waals surface area (Å²) in [6, 6.07) is 21.7. The molecule has 1 atom stereocenters. The Balaban J connectivity index is 1.40. The highest BCUT2D eigenvalue weighted by Gasteiger charge is 2.19. The van der Waals surface area contributed by atoms with E-state index in [9.17, 15) is 4.79 Å². The number of aromatic nitrogens is 2. The second-order valence-corrected chi connectivity index (χ2v) is 8.01. The average molecular weight is 416 g/mol. The fourth-order valence-electron chi connectivity index (χ4n) is 3.89. The van der Waals surface area contributed by atoms with E-state index in [1.165, 1.54) is 0 Å². The highest BCUT2D eigenvalue weighted by molar-refractivity contribution is 5.96. The lowest BCUT2D eigenvalue weighted by Gasteiger charge is -2.32. The number of amides is 1. The van der Waals surface area contributed by atoms with Crippen molar-refractivity contribution in [2.75, 3.05) is 43.4 Å². The van der Waals surface area contributed by atoms with Crippen LogP contribution >= 0.6 is 0 Å². The molecule has 0 saturated carbocycles. The Hall–Kier alpha value is -3.25. The van der Waals surface area contributed by atoms with E-state index < -0.39 is 0 Å². The van der Waals surface area contributed by atoms with Gasteiger partial charge in [0.15, 0.2) is 5.82 Å². The van der Waals surface area contributed by atoms with Crippen LogP contribution in [0.15, 0.2) is 66.7 Å². The van der Waals surface area contributed by atoms with E-state index in [1.807, 2.05) is 73.7 Å². The lowest BCUT2D eigenvalue weighted by Crippen LogP contribution is -2.44. The molecule has 4 rings (SSSR count). The Labute approximate surface area is 183 Å². The van der Waals surface area contributed by atoms with Crippen molar-refractivity contribution in [3.8, 4) is 11.3 Å². The van der Waals surface area contributed by atoms with E-state index in [-0.39, 0.29) is 11.8 Å². The number of carbonyl (C=O) groups is 1. The van der Waals surface area contributed by atoms with Crippen molar-refractivity contribution in [2.24, 2.45) is 0 Å². The topological polar surface area (TPSA) is 61.4 Å². The van der Waals surface area contributed by atoms with Crippen LogP contribution < -0.4 is 10.2 Å². The molecule has 1 aliphatic rings. The number of carbonyl (C=O) groups excluding carboxylic acids is 1. The van der Waals surface area contributed by atoms with E-state index in [1.54, 1.807) is 0 Å². The molecule has 6 nitrogen and oxygen atoms in total. The van der Waals surface area contributed by atoms with Crippen LogP contribution in [0.25, 0.3) is 11.3 Å². The van der Waals surface area contributed by atoms with E-state index in [0.29, 0.717) is 0 Å². The number of hydrogen-bond donors (Lipinski definition) is 1. The van der Waals surface area contributed by atoms with Crippen LogP contribution in [0.4, 0.5) is 11.5 Å². The van der Waals surface area contributed by atoms with Crippen molar-refractivity contribution in [2.45, 2.75) is 19.3 Å². The fourth-order valence-corrected chi connectivity index (χ4v) is 3.89. The van der Waals surface area contributed by atoms with Gasteiger partial charge in [-0.05, 0) is 43.3 Å². The van der Waals surface area contributed by atoms with E-state index >= 15 is 0 Å². The van der Waals surface area contributed by atoms with E-state index in [4.69, 9.17) is 0 Å². The number of nitrogens with one attached hydrogen (secondary N) is 1. The summed E-state index contributed by atoms with van der Waals surface area (Å²) < 4.78 is 0. The first-order chi connectivity index (χ1) is 15.1. The zero-order valence-electron chi connectivity index (χ0n) is 18.2. The maximum Gasteiger partial charge on any atom is 0.231 e. The highest BCUT2D eigenvalue weighted by atomic mass is 16.1. The molecule has 0 radical (unpaired) electrons. The summed E-state index contributed by atoms with van der Waals surface area (Å²) in [5.74, 6) is 0.777. The van der Waals surface area contributed by atoms with Crippen LogP contribution in [0.3, 0.4) is 0 Å². The van der Waals surface area contributed by atoms with Gasteiger partial charge in [-0.15, -0.1) is 10.2 Å². The van der Waals surface area contributed by atoms with Gasteiger partial charge in [-0.2, -0.15) is 0 Å².